The number of fused-ring (bicyclic) bond motifs is 12. The van der Waals surface area contributed by atoms with Gasteiger partial charge in [-0.3, -0.25) is 0 Å². The molecule has 214 valence electrons. The lowest BCUT2D eigenvalue weighted by Gasteiger charge is -2.49. The number of hydrogen-bond donors (Lipinski definition) is 1. The van der Waals surface area contributed by atoms with Gasteiger partial charge in [-0.1, -0.05) is 146 Å². The van der Waals surface area contributed by atoms with E-state index in [0.29, 0.717) is 11.8 Å². The largest absolute Gasteiger partial charge is 0.360 e. The molecule has 2 heterocycles. The van der Waals surface area contributed by atoms with Crippen LogP contribution < -0.4 is 10.2 Å². The van der Waals surface area contributed by atoms with E-state index in [4.69, 9.17) is 0 Å². The molecule has 0 fully saturated rings. The minimum absolute atomic E-state index is 0.123. The number of benzene rings is 5. The second-order valence-corrected chi connectivity index (χ2v) is 12.8. The molecule has 0 amide bonds. The Bertz CT molecular complexity index is 2230. The maximum absolute atomic E-state index is 3.97. The SMILES string of the molecule is C1=CC2C=CC3=C(C2C=C1)C1Nc2ccccc2N1C1C=C(c2c(-c4ccccc4)c4ccccc4c4ccccc24)C=CC31. The standard InChI is InChI=1S/C43H32N2/c1-2-13-28(14-3-1)40-34-18-8-6-16-31(34)32-17-7-9-19-35(32)41(40)29-23-24-33-36-25-22-27-12-4-5-15-30(27)42(36)43-44-37-20-10-11-21-38(37)45(43)39(33)26-29/h1-27,30,33,39,43-44H. The molecule has 2 aliphatic heterocycles. The van der Waals surface area contributed by atoms with Crippen LogP contribution >= 0.6 is 0 Å². The normalized spacial score (nSPS) is 25.4. The lowest BCUT2D eigenvalue weighted by Crippen LogP contribution is -2.54. The average Bonchev–Trinajstić information content (AvgIpc) is 3.51. The molecule has 0 aromatic heterocycles. The minimum Gasteiger partial charge on any atom is -0.360 e. The van der Waals surface area contributed by atoms with E-state index in [1.54, 1.807) is 0 Å². The highest BCUT2D eigenvalue weighted by Gasteiger charge is 2.48. The molecular formula is C43H32N2. The number of para-hydroxylation sites is 2. The predicted molar refractivity (Wildman–Crippen MR) is 189 cm³/mol. The molecule has 5 aromatic rings. The predicted octanol–water partition coefficient (Wildman–Crippen LogP) is 10.1. The zero-order valence-corrected chi connectivity index (χ0v) is 24.8. The third-order valence-corrected chi connectivity index (χ3v) is 10.6. The summed E-state index contributed by atoms with van der Waals surface area (Å²) in [7, 11) is 0. The van der Waals surface area contributed by atoms with Gasteiger partial charge < -0.3 is 10.2 Å². The smallest absolute Gasteiger partial charge is 0.123 e. The summed E-state index contributed by atoms with van der Waals surface area (Å²) in [5.41, 5.74) is 10.7. The molecule has 10 rings (SSSR count). The van der Waals surface area contributed by atoms with E-state index in [-0.39, 0.29) is 18.1 Å². The fraction of sp³-hybridized carbons (Fsp3) is 0.116. The van der Waals surface area contributed by atoms with Crippen LogP contribution in [0.2, 0.25) is 0 Å². The van der Waals surface area contributed by atoms with Gasteiger partial charge in [-0.15, -0.1) is 0 Å². The number of rotatable bonds is 2. The van der Waals surface area contributed by atoms with Crippen molar-refractivity contribution >= 4 is 38.5 Å². The first-order valence-electron chi connectivity index (χ1n) is 16.2. The molecule has 45 heavy (non-hydrogen) atoms. The van der Waals surface area contributed by atoms with E-state index >= 15 is 0 Å². The first-order chi connectivity index (χ1) is 22.3. The maximum atomic E-state index is 3.97. The monoisotopic (exact) mass is 576 g/mol. The van der Waals surface area contributed by atoms with Crippen LogP contribution in [0.4, 0.5) is 11.4 Å². The van der Waals surface area contributed by atoms with Crippen molar-refractivity contribution in [3.63, 3.8) is 0 Å². The van der Waals surface area contributed by atoms with Gasteiger partial charge in [0.05, 0.1) is 17.4 Å². The topological polar surface area (TPSA) is 15.3 Å². The van der Waals surface area contributed by atoms with Crippen molar-refractivity contribution < 1.29 is 0 Å². The van der Waals surface area contributed by atoms with Gasteiger partial charge in [0.1, 0.15) is 6.17 Å². The van der Waals surface area contributed by atoms with Gasteiger partial charge in [0.2, 0.25) is 0 Å². The molecule has 2 heteroatoms. The zero-order valence-electron chi connectivity index (χ0n) is 24.8. The number of hydrogen-bond acceptors (Lipinski definition) is 2. The van der Waals surface area contributed by atoms with Gasteiger partial charge >= 0.3 is 0 Å². The Hall–Kier alpha value is -5.34. The Kier molecular flexibility index (Phi) is 5.33. The van der Waals surface area contributed by atoms with Gasteiger partial charge in [0.25, 0.3) is 0 Å². The highest BCUT2D eigenvalue weighted by Crippen LogP contribution is 2.53. The highest BCUT2D eigenvalue weighted by atomic mass is 15.4. The van der Waals surface area contributed by atoms with Crippen LogP contribution in [0.25, 0.3) is 38.2 Å². The van der Waals surface area contributed by atoms with Gasteiger partial charge in [-0.25, -0.2) is 0 Å². The summed E-state index contributed by atoms with van der Waals surface area (Å²) >= 11 is 0. The Morgan fingerprint density at radius 2 is 1.24 bits per heavy atom. The summed E-state index contributed by atoms with van der Waals surface area (Å²) in [6.45, 7) is 0. The third kappa shape index (κ3) is 3.57. The molecule has 5 aliphatic rings. The van der Waals surface area contributed by atoms with Crippen LogP contribution in [0.3, 0.4) is 0 Å². The number of allylic oxidation sites excluding steroid dienone is 8. The van der Waals surface area contributed by atoms with Crippen molar-refractivity contribution in [2.75, 3.05) is 10.2 Å². The number of nitrogens with one attached hydrogen (secondary N) is 1. The second kappa shape index (κ2) is 9.58. The van der Waals surface area contributed by atoms with Crippen molar-refractivity contribution in [3.05, 3.63) is 175 Å². The van der Waals surface area contributed by atoms with Crippen LogP contribution in [0, 0.1) is 17.8 Å². The summed E-state index contributed by atoms with van der Waals surface area (Å²) in [5, 5.41) is 9.17. The van der Waals surface area contributed by atoms with Crippen LogP contribution in [0.15, 0.2) is 169 Å². The summed E-state index contributed by atoms with van der Waals surface area (Å²) in [4.78, 5) is 2.68. The van der Waals surface area contributed by atoms with Crippen LogP contribution in [-0.2, 0) is 0 Å². The zero-order chi connectivity index (χ0) is 29.5. The Balaban J connectivity index is 1.23. The lowest BCUT2D eigenvalue weighted by atomic mass is 9.68. The molecule has 5 aromatic carbocycles. The van der Waals surface area contributed by atoms with Crippen molar-refractivity contribution in [2.24, 2.45) is 17.8 Å². The minimum atomic E-state index is 0.123. The highest BCUT2D eigenvalue weighted by molar-refractivity contribution is 6.20. The number of anilines is 2. The Morgan fingerprint density at radius 1 is 0.556 bits per heavy atom. The summed E-state index contributed by atoms with van der Waals surface area (Å²) in [6.07, 6.45) is 21.7. The summed E-state index contributed by atoms with van der Waals surface area (Å²) < 4.78 is 0. The van der Waals surface area contributed by atoms with Crippen LogP contribution in [-0.4, -0.2) is 12.2 Å². The van der Waals surface area contributed by atoms with E-state index in [1.165, 1.54) is 66.3 Å². The maximum Gasteiger partial charge on any atom is 0.123 e. The van der Waals surface area contributed by atoms with Gasteiger partial charge in [-0.05, 0) is 67.1 Å². The molecule has 0 saturated carbocycles. The molecular weight excluding hydrogens is 544 g/mol. The van der Waals surface area contributed by atoms with Gasteiger partial charge in [0, 0.05) is 17.8 Å². The first kappa shape index (κ1) is 25.0. The molecule has 0 spiro atoms. The number of nitrogens with zero attached hydrogens (tertiary/aromatic N) is 1. The molecule has 0 bridgehead atoms. The second-order valence-electron chi connectivity index (χ2n) is 12.8. The fourth-order valence-electron chi connectivity index (χ4n) is 8.72. The summed E-state index contributed by atoms with van der Waals surface area (Å²) in [5.74, 6) is 1.06. The lowest BCUT2D eigenvalue weighted by molar-refractivity contribution is 0.469. The molecule has 5 atom stereocenters. The third-order valence-electron chi connectivity index (χ3n) is 10.6. The van der Waals surface area contributed by atoms with E-state index in [2.05, 4.69) is 168 Å². The van der Waals surface area contributed by atoms with Crippen LogP contribution in [0.5, 0.6) is 0 Å². The fourth-order valence-corrected chi connectivity index (χ4v) is 8.72. The van der Waals surface area contributed by atoms with Gasteiger partial charge in [0.15, 0.2) is 0 Å². The van der Waals surface area contributed by atoms with Crippen molar-refractivity contribution in [2.45, 2.75) is 12.2 Å². The van der Waals surface area contributed by atoms with Crippen molar-refractivity contribution in [1.29, 1.82) is 0 Å². The average molecular weight is 577 g/mol. The molecule has 0 saturated heterocycles. The molecule has 0 radical (unpaired) electrons. The summed E-state index contributed by atoms with van der Waals surface area (Å²) in [6, 6.07) is 37.9. The quantitative estimate of drug-likeness (QED) is 0.210. The van der Waals surface area contributed by atoms with Crippen LogP contribution in [0.1, 0.15) is 5.56 Å². The van der Waals surface area contributed by atoms with Crippen molar-refractivity contribution in [1.82, 2.24) is 0 Å². The first-order valence-corrected chi connectivity index (χ1v) is 16.2. The van der Waals surface area contributed by atoms with Gasteiger partial charge in [-0.2, -0.15) is 0 Å². The Morgan fingerprint density at radius 3 is 2.07 bits per heavy atom. The van der Waals surface area contributed by atoms with E-state index in [1.807, 2.05) is 0 Å². The van der Waals surface area contributed by atoms with E-state index < -0.39 is 0 Å². The molecule has 5 unspecified atom stereocenters. The van der Waals surface area contributed by atoms with E-state index in [9.17, 15) is 0 Å². The van der Waals surface area contributed by atoms with Crippen molar-refractivity contribution in [3.8, 4) is 11.1 Å². The Labute approximate surface area is 263 Å². The van der Waals surface area contributed by atoms with E-state index in [0.717, 1.165) is 0 Å². The molecule has 1 N–H and O–H groups in total. The molecule has 3 aliphatic carbocycles. The molecule has 2 nitrogen and oxygen atoms in total.